The summed E-state index contributed by atoms with van der Waals surface area (Å²) in [6, 6.07) is 26.8. The van der Waals surface area contributed by atoms with Gasteiger partial charge >= 0.3 is 0 Å². The minimum Gasteiger partial charge on any atom is -0.207 e. The molecule has 0 amide bonds. The highest BCUT2D eigenvalue weighted by Crippen LogP contribution is 2.58. The van der Waals surface area contributed by atoms with E-state index in [1.54, 1.807) is 26.0 Å². The Bertz CT molecular complexity index is 1400. The molecule has 0 saturated heterocycles. The molecule has 0 atom stereocenters. The van der Waals surface area contributed by atoms with Gasteiger partial charge in [0.05, 0.1) is 0 Å². The minimum atomic E-state index is -1.13. The maximum atomic E-state index is 14.9. The van der Waals surface area contributed by atoms with Gasteiger partial charge in [-0.3, -0.25) is 0 Å². The summed E-state index contributed by atoms with van der Waals surface area (Å²) in [5.41, 5.74) is 6.73. The summed E-state index contributed by atoms with van der Waals surface area (Å²) in [6.45, 7) is 8.11. The number of halogens is 2. The number of aryl methyl sites for hydroxylation is 2. The Hall–Kier alpha value is -2.91. The molecule has 1 aliphatic rings. The molecule has 0 unspecified atom stereocenters. The first-order chi connectivity index (χ1) is 18.4. The zero-order chi connectivity index (χ0) is 26.9. The Kier molecular flexibility index (Phi) is 7.77. The van der Waals surface area contributed by atoms with Crippen LogP contribution in [-0.4, -0.2) is 0 Å². The second-order valence-corrected chi connectivity index (χ2v) is 13.0. The van der Waals surface area contributed by atoms with E-state index in [2.05, 4.69) is 56.3 Å². The average molecular weight is 529 g/mol. The van der Waals surface area contributed by atoms with E-state index >= 15 is 0 Å². The van der Waals surface area contributed by atoms with Crippen LogP contribution in [0, 0.1) is 25.5 Å². The van der Waals surface area contributed by atoms with E-state index in [4.69, 9.17) is 0 Å². The molecule has 0 bridgehead atoms. The maximum Gasteiger partial charge on any atom is 0.127 e. The van der Waals surface area contributed by atoms with Gasteiger partial charge in [-0.1, -0.05) is 82.0 Å². The molecule has 0 saturated carbocycles. The normalized spacial score (nSPS) is 13.8. The van der Waals surface area contributed by atoms with E-state index < -0.39 is 10.9 Å². The number of unbranched alkanes of at least 4 members (excludes halogenated alkanes) is 2. The summed E-state index contributed by atoms with van der Waals surface area (Å²) >= 11 is 0. The number of rotatable bonds is 9. The molecule has 198 valence electrons. The van der Waals surface area contributed by atoms with Crippen LogP contribution in [0.2, 0.25) is 0 Å². The number of hydrogen-bond acceptors (Lipinski definition) is 0. The third-order valence-electron chi connectivity index (χ3n) is 8.25. The van der Waals surface area contributed by atoms with Gasteiger partial charge in [0.15, 0.2) is 0 Å². The molecular weight excluding hydrogens is 490 g/mol. The van der Waals surface area contributed by atoms with Crippen LogP contribution in [-0.2, 0) is 5.41 Å². The monoisotopic (exact) mass is 528 g/mol. The van der Waals surface area contributed by atoms with Crippen LogP contribution in [0.3, 0.4) is 0 Å². The second kappa shape index (κ2) is 11.1. The van der Waals surface area contributed by atoms with Crippen molar-refractivity contribution in [2.24, 2.45) is 0 Å². The molecule has 0 spiro atoms. The molecule has 0 radical (unpaired) electrons. The average Bonchev–Trinajstić information content (AvgIpc) is 3.20. The van der Waals surface area contributed by atoms with E-state index in [9.17, 15) is 8.78 Å². The van der Waals surface area contributed by atoms with Crippen LogP contribution in [0.4, 0.5) is 8.78 Å². The number of benzene rings is 4. The quantitative estimate of drug-likeness (QED) is 0.205. The van der Waals surface area contributed by atoms with Crippen molar-refractivity contribution in [3.8, 4) is 11.1 Å². The number of hydrogen-bond donors (Lipinski definition) is 1. The fraction of sp³-hybridized carbons (Fsp3) is 0.314. The lowest BCUT2D eigenvalue weighted by atomic mass is 9.71. The Morgan fingerprint density at radius 1 is 0.605 bits per heavy atom. The van der Waals surface area contributed by atoms with Gasteiger partial charge in [0, 0.05) is 5.41 Å². The molecule has 4 aromatic carbocycles. The lowest BCUT2D eigenvalue weighted by Crippen LogP contribution is -2.25. The minimum absolute atomic E-state index is 0.0218. The molecule has 38 heavy (non-hydrogen) atoms. The van der Waals surface area contributed by atoms with Crippen molar-refractivity contribution in [3.63, 3.8) is 0 Å². The van der Waals surface area contributed by atoms with Gasteiger partial charge in [-0.05, 0) is 111 Å². The molecule has 0 nitrogen and oxygen atoms in total. The van der Waals surface area contributed by atoms with Gasteiger partial charge in [-0.15, -0.1) is 0 Å². The summed E-state index contributed by atoms with van der Waals surface area (Å²) in [5, 5.41) is 0. The molecule has 0 N–H and O–H groups in total. The maximum absolute atomic E-state index is 14.9. The Labute approximate surface area is 229 Å². The van der Waals surface area contributed by atoms with Gasteiger partial charge < -0.3 is 0 Å². The Morgan fingerprint density at radius 3 is 1.66 bits per heavy atom. The predicted octanol–water partition coefficient (Wildman–Crippen LogP) is 10.7. The van der Waals surface area contributed by atoms with Crippen LogP contribution in [0.5, 0.6) is 0 Å². The van der Waals surface area contributed by atoms with Crippen LogP contribution in [0.1, 0.15) is 74.6 Å². The van der Waals surface area contributed by atoms with Gasteiger partial charge in [0.1, 0.15) is 11.6 Å². The first-order valence-electron chi connectivity index (χ1n) is 14.0. The van der Waals surface area contributed by atoms with Gasteiger partial charge in [0.25, 0.3) is 0 Å². The van der Waals surface area contributed by atoms with E-state index in [0.29, 0.717) is 11.1 Å². The second-order valence-electron chi connectivity index (χ2n) is 10.8. The van der Waals surface area contributed by atoms with E-state index in [1.807, 2.05) is 24.3 Å². The topological polar surface area (TPSA) is 0 Å². The van der Waals surface area contributed by atoms with Gasteiger partial charge in [-0.2, -0.15) is 10.9 Å². The molecule has 1 aliphatic carbocycles. The van der Waals surface area contributed by atoms with Crippen LogP contribution < -0.4 is 0 Å². The van der Waals surface area contributed by atoms with E-state index in [1.165, 1.54) is 35.1 Å². The SMILES string of the molecule is CCCCC1(CCCC)c2ccccc2-c2ccc([SH](c3ccc(C)c(F)c3)c3ccc(C)c(F)c3)cc21. The summed E-state index contributed by atoms with van der Waals surface area (Å²) in [5.74, 6) is -0.423. The smallest absolute Gasteiger partial charge is 0.127 e. The van der Waals surface area contributed by atoms with Crippen molar-refractivity contribution in [3.05, 3.63) is 113 Å². The first kappa shape index (κ1) is 26.7. The zero-order valence-corrected chi connectivity index (χ0v) is 23.8. The summed E-state index contributed by atoms with van der Waals surface area (Å²) in [7, 11) is -1.13. The van der Waals surface area contributed by atoms with E-state index in [-0.39, 0.29) is 17.0 Å². The molecular formula is C35H38F2S. The summed E-state index contributed by atoms with van der Waals surface area (Å²) < 4.78 is 29.7. The third-order valence-corrected chi connectivity index (χ3v) is 10.6. The van der Waals surface area contributed by atoms with Crippen molar-refractivity contribution in [1.29, 1.82) is 0 Å². The molecule has 4 aromatic rings. The molecule has 0 fully saturated rings. The van der Waals surface area contributed by atoms with Crippen molar-refractivity contribution < 1.29 is 8.78 Å². The Morgan fingerprint density at radius 2 is 1.11 bits per heavy atom. The van der Waals surface area contributed by atoms with Crippen molar-refractivity contribution in [2.75, 3.05) is 0 Å². The summed E-state index contributed by atoms with van der Waals surface area (Å²) in [4.78, 5) is 2.97. The molecule has 3 heteroatoms. The van der Waals surface area contributed by atoms with Crippen molar-refractivity contribution >= 4 is 10.9 Å². The largest absolute Gasteiger partial charge is 0.207 e. The standard InChI is InChI=1S/C35H38F2S/c1-5-7-19-35(20-8-6-2)31-12-10-9-11-29(31)30-18-17-26(21-32(30)35)38(27-15-13-24(3)33(36)22-27)28-16-14-25(4)34(37)23-28/h9-18,21-23,38H,5-8,19-20H2,1-4H3. The highest BCUT2D eigenvalue weighted by atomic mass is 32.2. The van der Waals surface area contributed by atoms with Crippen molar-refractivity contribution in [1.82, 2.24) is 0 Å². The van der Waals surface area contributed by atoms with E-state index in [0.717, 1.165) is 40.4 Å². The van der Waals surface area contributed by atoms with Crippen LogP contribution in [0.25, 0.3) is 11.1 Å². The predicted molar refractivity (Wildman–Crippen MR) is 158 cm³/mol. The molecule has 5 rings (SSSR count). The highest BCUT2D eigenvalue weighted by molar-refractivity contribution is 8.17. The molecule has 0 aliphatic heterocycles. The molecule has 0 heterocycles. The fourth-order valence-corrected chi connectivity index (χ4v) is 8.40. The number of thiol groups is 1. The summed E-state index contributed by atoms with van der Waals surface area (Å²) in [6.07, 6.45) is 6.89. The number of fused-ring (bicyclic) bond motifs is 3. The van der Waals surface area contributed by atoms with Crippen molar-refractivity contribution in [2.45, 2.75) is 86.3 Å². The first-order valence-corrected chi connectivity index (χ1v) is 15.3. The van der Waals surface area contributed by atoms with Crippen LogP contribution >= 0.6 is 10.9 Å². The zero-order valence-electron chi connectivity index (χ0n) is 23.0. The fourth-order valence-electron chi connectivity index (χ4n) is 6.09. The third kappa shape index (κ3) is 4.71. The van der Waals surface area contributed by atoms with Crippen LogP contribution in [0.15, 0.2) is 93.5 Å². The Balaban J connectivity index is 1.73. The lowest BCUT2D eigenvalue weighted by molar-refractivity contribution is 0.414. The van der Waals surface area contributed by atoms with Gasteiger partial charge in [0.2, 0.25) is 0 Å². The van der Waals surface area contributed by atoms with Gasteiger partial charge in [-0.25, -0.2) is 8.78 Å². The highest BCUT2D eigenvalue weighted by Gasteiger charge is 2.42. The molecule has 0 aromatic heterocycles. The lowest BCUT2D eigenvalue weighted by Gasteiger charge is -2.33.